The first-order valence-corrected chi connectivity index (χ1v) is 9.34. The van der Waals surface area contributed by atoms with E-state index in [1.165, 1.54) is 0 Å². The number of benzene rings is 2. The van der Waals surface area contributed by atoms with Gasteiger partial charge in [-0.1, -0.05) is 35.5 Å². The molecule has 1 N–H and O–H groups in total. The van der Waals surface area contributed by atoms with Gasteiger partial charge in [-0.3, -0.25) is 9.78 Å². The van der Waals surface area contributed by atoms with Crippen LogP contribution in [-0.4, -0.2) is 27.2 Å². The zero-order valence-corrected chi connectivity index (χ0v) is 15.6. The van der Waals surface area contributed by atoms with Crippen molar-refractivity contribution in [3.05, 3.63) is 71.7 Å². The molecular formula is C22H17FN4O2. The highest BCUT2D eigenvalue weighted by molar-refractivity contribution is 6.12. The third-order valence-electron chi connectivity index (χ3n) is 5.11. The average Bonchev–Trinajstić information content (AvgIpc) is 3.26. The van der Waals surface area contributed by atoms with Crippen molar-refractivity contribution in [2.24, 2.45) is 0 Å². The van der Waals surface area contributed by atoms with Crippen LogP contribution in [0.5, 0.6) is 0 Å². The molecule has 1 aliphatic carbocycles. The van der Waals surface area contributed by atoms with Crippen LogP contribution in [0.4, 0.5) is 10.1 Å². The van der Waals surface area contributed by atoms with Gasteiger partial charge >= 0.3 is 0 Å². The standard InChI is InChI=1S/C22H17FN4O2/c1-12-6-7-13(20-26-22(29-27-20)16-11-17(16)23)10-19(12)25-21(28)15-8-9-24-18-5-3-2-4-14(15)18/h2-10,16-17H,11H2,1H3,(H,25,28)/t16-,17-/m0/s1. The van der Waals surface area contributed by atoms with Gasteiger partial charge in [0.25, 0.3) is 5.91 Å². The molecule has 0 spiro atoms. The van der Waals surface area contributed by atoms with E-state index < -0.39 is 6.17 Å². The summed E-state index contributed by atoms with van der Waals surface area (Å²) >= 11 is 0. The van der Waals surface area contributed by atoms with Crippen LogP contribution in [0.15, 0.2) is 59.3 Å². The van der Waals surface area contributed by atoms with Gasteiger partial charge in [0.05, 0.1) is 17.0 Å². The van der Waals surface area contributed by atoms with Gasteiger partial charge in [0.1, 0.15) is 6.17 Å². The van der Waals surface area contributed by atoms with Crippen molar-refractivity contribution in [3.8, 4) is 11.4 Å². The molecule has 2 aromatic carbocycles. The number of aromatic nitrogens is 3. The maximum atomic E-state index is 13.2. The summed E-state index contributed by atoms with van der Waals surface area (Å²) < 4.78 is 18.4. The van der Waals surface area contributed by atoms with Crippen LogP contribution in [0.1, 0.15) is 34.2 Å². The lowest BCUT2D eigenvalue weighted by molar-refractivity contribution is 0.102. The molecule has 1 aliphatic rings. The molecule has 2 atom stereocenters. The van der Waals surface area contributed by atoms with Crippen molar-refractivity contribution in [3.63, 3.8) is 0 Å². The topological polar surface area (TPSA) is 80.9 Å². The highest BCUT2D eigenvalue weighted by Crippen LogP contribution is 2.43. The van der Waals surface area contributed by atoms with Gasteiger partial charge in [-0.05, 0) is 37.1 Å². The third-order valence-corrected chi connectivity index (χ3v) is 5.11. The number of anilines is 1. The van der Waals surface area contributed by atoms with Crippen molar-refractivity contribution in [2.45, 2.75) is 25.4 Å². The number of rotatable bonds is 4. The molecule has 0 saturated heterocycles. The number of amides is 1. The normalized spacial score (nSPS) is 18.0. The van der Waals surface area contributed by atoms with E-state index in [0.29, 0.717) is 35.0 Å². The van der Waals surface area contributed by atoms with Crippen LogP contribution < -0.4 is 5.32 Å². The molecule has 0 bridgehead atoms. The third kappa shape index (κ3) is 3.24. The van der Waals surface area contributed by atoms with Gasteiger partial charge in [-0.25, -0.2) is 4.39 Å². The first kappa shape index (κ1) is 17.5. The lowest BCUT2D eigenvalue weighted by Crippen LogP contribution is -2.13. The lowest BCUT2D eigenvalue weighted by Gasteiger charge is -2.11. The number of carbonyl (C=O) groups is 1. The molecule has 1 fully saturated rings. The van der Waals surface area contributed by atoms with E-state index in [4.69, 9.17) is 4.52 Å². The number of aryl methyl sites for hydroxylation is 1. The van der Waals surface area contributed by atoms with Crippen molar-refractivity contribution < 1.29 is 13.7 Å². The van der Waals surface area contributed by atoms with Crippen LogP contribution in [0.3, 0.4) is 0 Å². The predicted octanol–water partition coefficient (Wildman–Crippen LogP) is 4.67. The zero-order chi connectivity index (χ0) is 20.0. The molecular weight excluding hydrogens is 371 g/mol. The molecule has 1 saturated carbocycles. The quantitative estimate of drug-likeness (QED) is 0.549. The second-order valence-electron chi connectivity index (χ2n) is 7.17. The number of fused-ring (bicyclic) bond motifs is 1. The highest BCUT2D eigenvalue weighted by atomic mass is 19.1. The largest absolute Gasteiger partial charge is 0.339 e. The molecule has 0 radical (unpaired) electrons. The smallest absolute Gasteiger partial charge is 0.256 e. The van der Waals surface area contributed by atoms with E-state index in [0.717, 1.165) is 16.5 Å². The van der Waals surface area contributed by atoms with Gasteiger partial charge < -0.3 is 9.84 Å². The van der Waals surface area contributed by atoms with Crippen molar-refractivity contribution in [1.29, 1.82) is 0 Å². The monoisotopic (exact) mass is 388 g/mol. The van der Waals surface area contributed by atoms with E-state index in [-0.39, 0.29) is 11.8 Å². The van der Waals surface area contributed by atoms with Crippen LogP contribution in [0.2, 0.25) is 0 Å². The number of hydrogen-bond donors (Lipinski definition) is 1. The fraction of sp³-hybridized carbons (Fsp3) is 0.182. The maximum absolute atomic E-state index is 13.2. The number of nitrogens with zero attached hydrogens (tertiary/aromatic N) is 3. The fourth-order valence-corrected chi connectivity index (χ4v) is 3.30. The second kappa shape index (κ2) is 6.77. The van der Waals surface area contributed by atoms with Gasteiger partial charge in [0, 0.05) is 22.8 Å². The lowest BCUT2D eigenvalue weighted by atomic mass is 10.1. The van der Waals surface area contributed by atoms with Crippen LogP contribution in [-0.2, 0) is 0 Å². The molecule has 2 heterocycles. The molecule has 5 rings (SSSR count). The number of hydrogen-bond acceptors (Lipinski definition) is 5. The Bertz CT molecular complexity index is 1230. The minimum atomic E-state index is -0.897. The summed E-state index contributed by atoms with van der Waals surface area (Å²) in [4.78, 5) is 21.5. The molecule has 144 valence electrons. The van der Waals surface area contributed by atoms with Crippen LogP contribution in [0, 0.1) is 6.92 Å². The Morgan fingerprint density at radius 3 is 2.86 bits per heavy atom. The summed E-state index contributed by atoms with van der Waals surface area (Å²) in [5.41, 5.74) is 3.54. The Morgan fingerprint density at radius 2 is 2.03 bits per heavy atom. The SMILES string of the molecule is Cc1ccc(-c2noc([C@H]3C[C@@H]3F)n2)cc1NC(=O)c1ccnc2ccccc12. The predicted molar refractivity (Wildman–Crippen MR) is 106 cm³/mol. The molecule has 4 aromatic rings. The Labute approximate surface area is 165 Å². The summed E-state index contributed by atoms with van der Waals surface area (Å²) in [5, 5.41) is 7.71. The Balaban J connectivity index is 1.44. The first-order valence-electron chi connectivity index (χ1n) is 9.34. The first-order chi connectivity index (χ1) is 14.1. The van der Waals surface area contributed by atoms with Crippen molar-refractivity contribution >= 4 is 22.5 Å². The number of alkyl halides is 1. The molecule has 7 heteroatoms. The van der Waals surface area contributed by atoms with E-state index >= 15 is 0 Å². The second-order valence-corrected chi connectivity index (χ2v) is 7.17. The molecule has 29 heavy (non-hydrogen) atoms. The molecule has 0 aliphatic heterocycles. The number of pyridine rings is 1. The van der Waals surface area contributed by atoms with Gasteiger partial charge in [-0.2, -0.15) is 4.98 Å². The number of halogens is 1. The summed E-state index contributed by atoms with van der Waals surface area (Å²) in [5.74, 6) is 0.183. The molecule has 1 amide bonds. The van der Waals surface area contributed by atoms with Crippen LogP contribution >= 0.6 is 0 Å². The maximum Gasteiger partial charge on any atom is 0.256 e. The van der Waals surface area contributed by atoms with Gasteiger partial charge in [0.15, 0.2) is 0 Å². The van der Waals surface area contributed by atoms with Crippen molar-refractivity contribution in [1.82, 2.24) is 15.1 Å². The minimum Gasteiger partial charge on any atom is -0.339 e. The Kier molecular flexibility index (Phi) is 4.08. The number of nitrogens with one attached hydrogen (secondary N) is 1. The number of carbonyl (C=O) groups excluding carboxylic acids is 1. The Hall–Kier alpha value is -3.61. The summed E-state index contributed by atoms with van der Waals surface area (Å²) in [6, 6.07) is 14.7. The van der Waals surface area contributed by atoms with E-state index in [9.17, 15) is 9.18 Å². The zero-order valence-electron chi connectivity index (χ0n) is 15.6. The average molecular weight is 388 g/mol. The molecule has 2 aromatic heterocycles. The van der Waals surface area contributed by atoms with E-state index in [1.54, 1.807) is 18.3 Å². The van der Waals surface area contributed by atoms with E-state index in [1.807, 2.05) is 43.3 Å². The summed E-state index contributed by atoms with van der Waals surface area (Å²) in [6.07, 6.45) is 1.15. The minimum absolute atomic E-state index is 0.226. The molecule has 6 nitrogen and oxygen atoms in total. The number of para-hydroxylation sites is 1. The van der Waals surface area contributed by atoms with E-state index in [2.05, 4.69) is 20.4 Å². The Morgan fingerprint density at radius 1 is 1.21 bits per heavy atom. The van der Waals surface area contributed by atoms with Gasteiger partial charge in [-0.15, -0.1) is 0 Å². The summed E-state index contributed by atoms with van der Waals surface area (Å²) in [7, 11) is 0. The fourth-order valence-electron chi connectivity index (χ4n) is 3.30. The van der Waals surface area contributed by atoms with Crippen molar-refractivity contribution in [2.75, 3.05) is 5.32 Å². The summed E-state index contributed by atoms with van der Waals surface area (Å²) in [6.45, 7) is 1.91. The molecule has 0 unspecified atom stereocenters. The van der Waals surface area contributed by atoms with Gasteiger partial charge in [0.2, 0.25) is 11.7 Å². The van der Waals surface area contributed by atoms with Crippen LogP contribution in [0.25, 0.3) is 22.3 Å². The highest BCUT2D eigenvalue weighted by Gasteiger charge is 2.43.